The van der Waals surface area contributed by atoms with Gasteiger partial charge in [-0.25, -0.2) is 0 Å². The first-order chi connectivity index (χ1) is 9.71. The van der Waals surface area contributed by atoms with Crippen molar-refractivity contribution in [2.24, 2.45) is 0 Å². The standard InChI is InChI=1S/C17H25NO3/c1-16(2)11-18(12-17(3,4)21-16)10-15(19)13-6-8-14(20-5)9-7-13/h6-9H,10-12H2,1-5H3. The van der Waals surface area contributed by atoms with E-state index < -0.39 is 0 Å². The zero-order valence-corrected chi connectivity index (χ0v) is 13.6. The van der Waals surface area contributed by atoms with Gasteiger partial charge in [0.2, 0.25) is 0 Å². The summed E-state index contributed by atoms with van der Waals surface area (Å²) in [4.78, 5) is 14.6. The lowest BCUT2D eigenvalue weighted by atomic mass is 9.98. The predicted molar refractivity (Wildman–Crippen MR) is 83.0 cm³/mol. The first-order valence-electron chi connectivity index (χ1n) is 7.31. The van der Waals surface area contributed by atoms with Crippen LogP contribution in [0.15, 0.2) is 24.3 Å². The van der Waals surface area contributed by atoms with Crippen molar-refractivity contribution in [1.29, 1.82) is 0 Å². The van der Waals surface area contributed by atoms with Gasteiger partial charge < -0.3 is 9.47 Å². The van der Waals surface area contributed by atoms with E-state index in [1.807, 2.05) is 24.3 Å². The molecular formula is C17H25NO3. The molecule has 1 aromatic rings. The molecule has 1 fully saturated rings. The fourth-order valence-corrected chi connectivity index (χ4v) is 3.13. The summed E-state index contributed by atoms with van der Waals surface area (Å²) in [5.41, 5.74) is 0.252. The van der Waals surface area contributed by atoms with Gasteiger partial charge in [-0.2, -0.15) is 0 Å². The van der Waals surface area contributed by atoms with Crippen LogP contribution in [-0.2, 0) is 4.74 Å². The molecule has 1 aliphatic rings. The van der Waals surface area contributed by atoms with Gasteiger partial charge in [-0.15, -0.1) is 0 Å². The Morgan fingerprint density at radius 3 is 2.14 bits per heavy atom. The number of carbonyl (C=O) groups excluding carboxylic acids is 1. The average molecular weight is 291 g/mol. The normalized spacial score (nSPS) is 21.0. The Hall–Kier alpha value is -1.39. The molecule has 4 nitrogen and oxygen atoms in total. The van der Waals surface area contributed by atoms with E-state index in [0.29, 0.717) is 6.54 Å². The maximum Gasteiger partial charge on any atom is 0.176 e. The molecule has 0 aliphatic carbocycles. The monoisotopic (exact) mass is 291 g/mol. The van der Waals surface area contributed by atoms with Crippen LogP contribution in [-0.4, -0.2) is 48.6 Å². The zero-order chi connectivity index (χ0) is 15.7. The van der Waals surface area contributed by atoms with E-state index in [9.17, 15) is 4.79 Å². The second kappa shape index (κ2) is 5.78. The van der Waals surface area contributed by atoms with Crippen LogP contribution in [0.4, 0.5) is 0 Å². The molecule has 0 radical (unpaired) electrons. The summed E-state index contributed by atoms with van der Waals surface area (Å²) in [6, 6.07) is 7.27. The molecular weight excluding hydrogens is 266 g/mol. The first kappa shape index (κ1) is 16.0. The van der Waals surface area contributed by atoms with Crippen molar-refractivity contribution in [2.45, 2.75) is 38.9 Å². The third-order valence-electron chi connectivity index (χ3n) is 3.54. The van der Waals surface area contributed by atoms with Gasteiger partial charge in [0.15, 0.2) is 5.78 Å². The first-order valence-corrected chi connectivity index (χ1v) is 7.31. The van der Waals surface area contributed by atoms with Crippen molar-refractivity contribution in [1.82, 2.24) is 4.90 Å². The summed E-state index contributed by atoms with van der Waals surface area (Å²) in [7, 11) is 1.62. The van der Waals surface area contributed by atoms with Crippen LogP contribution in [0.1, 0.15) is 38.1 Å². The quantitative estimate of drug-likeness (QED) is 0.800. The molecule has 0 bridgehead atoms. The molecule has 0 aromatic heterocycles. The van der Waals surface area contributed by atoms with Crippen molar-refractivity contribution in [3.8, 4) is 5.75 Å². The highest BCUT2D eigenvalue weighted by molar-refractivity contribution is 5.97. The molecule has 21 heavy (non-hydrogen) atoms. The van der Waals surface area contributed by atoms with Gasteiger partial charge in [0.1, 0.15) is 5.75 Å². The lowest BCUT2D eigenvalue weighted by Crippen LogP contribution is -2.58. The van der Waals surface area contributed by atoms with Gasteiger partial charge in [-0.05, 0) is 52.0 Å². The molecule has 4 heteroatoms. The number of hydrogen-bond acceptors (Lipinski definition) is 4. The van der Waals surface area contributed by atoms with Gasteiger partial charge in [0.25, 0.3) is 0 Å². The summed E-state index contributed by atoms with van der Waals surface area (Å²) in [6.45, 7) is 10.2. The Balaban J connectivity index is 2.04. The van der Waals surface area contributed by atoms with E-state index in [4.69, 9.17) is 9.47 Å². The fourth-order valence-electron chi connectivity index (χ4n) is 3.13. The highest BCUT2D eigenvalue weighted by Crippen LogP contribution is 2.28. The second-order valence-electron chi connectivity index (χ2n) is 6.92. The van der Waals surface area contributed by atoms with Crippen molar-refractivity contribution in [3.63, 3.8) is 0 Å². The van der Waals surface area contributed by atoms with Gasteiger partial charge in [-0.3, -0.25) is 9.69 Å². The number of nitrogens with zero attached hydrogens (tertiary/aromatic N) is 1. The van der Waals surface area contributed by atoms with Crippen LogP contribution < -0.4 is 4.74 Å². The fraction of sp³-hybridized carbons (Fsp3) is 0.588. The number of Topliss-reactive ketones (excluding diaryl/α,β-unsaturated/α-hetero) is 1. The van der Waals surface area contributed by atoms with Crippen molar-refractivity contribution in [2.75, 3.05) is 26.7 Å². The molecule has 0 atom stereocenters. The van der Waals surface area contributed by atoms with Crippen LogP contribution in [0.2, 0.25) is 0 Å². The maximum absolute atomic E-state index is 12.4. The number of rotatable bonds is 4. The summed E-state index contributed by atoms with van der Waals surface area (Å²) < 4.78 is 11.2. The van der Waals surface area contributed by atoms with E-state index in [1.54, 1.807) is 7.11 Å². The minimum absolute atomic E-state index is 0.131. The van der Waals surface area contributed by atoms with Gasteiger partial charge in [-0.1, -0.05) is 0 Å². The van der Waals surface area contributed by atoms with Crippen LogP contribution in [0.3, 0.4) is 0 Å². The minimum atomic E-state index is -0.234. The molecule has 0 unspecified atom stereocenters. The Labute approximate surface area is 127 Å². The number of morpholine rings is 1. The molecule has 1 saturated heterocycles. The highest BCUT2D eigenvalue weighted by atomic mass is 16.5. The second-order valence-corrected chi connectivity index (χ2v) is 6.92. The molecule has 0 spiro atoms. The predicted octanol–water partition coefficient (Wildman–Crippen LogP) is 2.77. The van der Waals surface area contributed by atoms with Gasteiger partial charge >= 0.3 is 0 Å². The van der Waals surface area contributed by atoms with E-state index in [0.717, 1.165) is 24.4 Å². The molecule has 1 heterocycles. The van der Waals surface area contributed by atoms with E-state index in [-0.39, 0.29) is 17.0 Å². The van der Waals surface area contributed by atoms with Gasteiger partial charge in [0, 0.05) is 18.7 Å². The maximum atomic E-state index is 12.4. The van der Waals surface area contributed by atoms with E-state index in [1.165, 1.54) is 0 Å². The lowest BCUT2D eigenvalue weighted by molar-refractivity contribution is -0.178. The van der Waals surface area contributed by atoms with Crippen molar-refractivity contribution < 1.29 is 14.3 Å². The summed E-state index contributed by atoms with van der Waals surface area (Å²) in [5.74, 6) is 0.895. The van der Waals surface area contributed by atoms with Crippen molar-refractivity contribution >= 4 is 5.78 Å². The molecule has 0 saturated carbocycles. The number of ether oxygens (including phenoxy) is 2. The molecule has 1 aromatic carbocycles. The number of methoxy groups -OCH3 is 1. The Morgan fingerprint density at radius 2 is 1.67 bits per heavy atom. The largest absolute Gasteiger partial charge is 0.497 e. The summed E-state index contributed by atoms with van der Waals surface area (Å²) in [6.07, 6.45) is 0. The zero-order valence-electron chi connectivity index (χ0n) is 13.6. The Morgan fingerprint density at radius 1 is 1.14 bits per heavy atom. The van der Waals surface area contributed by atoms with E-state index >= 15 is 0 Å². The number of ketones is 1. The Bertz CT molecular complexity index is 489. The molecule has 2 rings (SSSR count). The highest BCUT2D eigenvalue weighted by Gasteiger charge is 2.38. The van der Waals surface area contributed by atoms with Crippen LogP contribution in [0.25, 0.3) is 0 Å². The smallest absolute Gasteiger partial charge is 0.176 e. The number of benzene rings is 1. The minimum Gasteiger partial charge on any atom is -0.497 e. The Kier molecular flexibility index (Phi) is 4.40. The summed E-state index contributed by atoms with van der Waals surface area (Å²) >= 11 is 0. The lowest BCUT2D eigenvalue weighted by Gasteiger charge is -2.47. The number of hydrogen-bond donors (Lipinski definition) is 0. The van der Waals surface area contributed by atoms with Gasteiger partial charge in [0.05, 0.1) is 24.9 Å². The third-order valence-corrected chi connectivity index (χ3v) is 3.54. The molecule has 116 valence electrons. The van der Waals surface area contributed by atoms with E-state index in [2.05, 4.69) is 32.6 Å². The topological polar surface area (TPSA) is 38.8 Å². The SMILES string of the molecule is COc1ccc(C(=O)CN2CC(C)(C)OC(C)(C)C2)cc1. The molecule has 0 N–H and O–H groups in total. The van der Waals surface area contributed by atoms with Crippen LogP contribution in [0.5, 0.6) is 5.75 Å². The van der Waals surface area contributed by atoms with Crippen LogP contribution in [0, 0.1) is 0 Å². The van der Waals surface area contributed by atoms with Crippen LogP contribution >= 0.6 is 0 Å². The average Bonchev–Trinajstić information content (AvgIpc) is 2.35. The molecule has 1 aliphatic heterocycles. The molecule has 0 amide bonds. The summed E-state index contributed by atoms with van der Waals surface area (Å²) in [5, 5.41) is 0. The third kappa shape index (κ3) is 4.29. The van der Waals surface area contributed by atoms with Crippen molar-refractivity contribution in [3.05, 3.63) is 29.8 Å². The number of carbonyl (C=O) groups is 1.